The Balaban J connectivity index is 2.09. The van der Waals surface area contributed by atoms with E-state index in [1.165, 1.54) is 9.91 Å². The molecule has 0 unspecified atom stereocenters. The number of rotatable bonds is 1. The van der Waals surface area contributed by atoms with Crippen LogP contribution in [0, 0.1) is 5.92 Å². The standard InChI is InChI=1S/C12H14N4O2/c1-14-10-9(4-3-7-13-10)16(12(18)15(14)2)11(17)8-5-6-8/h3-4,7-8H,5-6H2,1-2H3. The largest absolute Gasteiger partial charge is 0.350 e. The number of carbonyl (C=O) groups excluding carboxylic acids is 2. The van der Waals surface area contributed by atoms with Gasteiger partial charge >= 0.3 is 6.03 Å². The molecule has 1 saturated carbocycles. The van der Waals surface area contributed by atoms with Gasteiger partial charge in [0.25, 0.3) is 0 Å². The monoisotopic (exact) mass is 246 g/mol. The van der Waals surface area contributed by atoms with Crippen LogP contribution in [0.25, 0.3) is 0 Å². The number of urea groups is 1. The summed E-state index contributed by atoms with van der Waals surface area (Å²) in [5.74, 6) is 0.501. The number of hydrogen-bond donors (Lipinski definition) is 0. The van der Waals surface area contributed by atoms with Gasteiger partial charge in [-0.05, 0) is 25.0 Å². The molecule has 2 heterocycles. The van der Waals surface area contributed by atoms with Crippen LogP contribution < -0.4 is 9.91 Å². The summed E-state index contributed by atoms with van der Waals surface area (Å²) in [6, 6.07) is 3.16. The molecule has 3 rings (SSSR count). The second kappa shape index (κ2) is 3.69. The third-order valence-corrected chi connectivity index (χ3v) is 3.38. The molecule has 0 bridgehead atoms. The highest BCUT2D eigenvalue weighted by Crippen LogP contribution is 2.38. The van der Waals surface area contributed by atoms with Gasteiger partial charge in [-0.15, -0.1) is 0 Å². The fourth-order valence-corrected chi connectivity index (χ4v) is 2.06. The van der Waals surface area contributed by atoms with Crippen molar-refractivity contribution in [1.29, 1.82) is 0 Å². The van der Waals surface area contributed by atoms with Crippen LogP contribution in [0.2, 0.25) is 0 Å². The third kappa shape index (κ3) is 1.45. The number of pyridine rings is 1. The van der Waals surface area contributed by atoms with E-state index in [-0.39, 0.29) is 17.9 Å². The molecule has 0 atom stereocenters. The predicted molar refractivity (Wildman–Crippen MR) is 66.0 cm³/mol. The second-order valence-corrected chi connectivity index (χ2v) is 4.62. The maximum absolute atomic E-state index is 12.2. The van der Waals surface area contributed by atoms with Gasteiger partial charge < -0.3 is 0 Å². The summed E-state index contributed by atoms with van der Waals surface area (Å²) in [5.41, 5.74) is 0.569. The first-order valence-corrected chi connectivity index (χ1v) is 5.91. The van der Waals surface area contributed by atoms with Crippen LogP contribution in [-0.4, -0.2) is 36.0 Å². The van der Waals surface area contributed by atoms with E-state index < -0.39 is 0 Å². The number of anilines is 2. The van der Waals surface area contributed by atoms with Gasteiger partial charge in [-0.3, -0.25) is 9.80 Å². The highest BCUT2D eigenvalue weighted by atomic mass is 16.2. The Hall–Kier alpha value is -2.11. The third-order valence-electron chi connectivity index (χ3n) is 3.38. The van der Waals surface area contributed by atoms with Gasteiger partial charge in [-0.1, -0.05) is 0 Å². The fraction of sp³-hybridized carbons (Fsp3) is 0.417. The first kappa shape index (κ1) is 11.0. The smallest absolute Gasteiger partial charge is 0.274 e. The highest BCUT2D eigenvalue weighted by molar-refractivity contribution is 6.18. The molecule has 0 N–H and O–H groups in total. The van der Waals surface area contributed by atoms with Crippen molar-refractivity contribution in [2.24, 2.45) is 5.92 Å². The van der Waals surface area contributed by atoms with E-state index in [9.17, 15) is 9.59 Å². The van der Waals surface area contributed by atoms with Gasteiger partial charge in [0, 0.05) is 26.2 Å². The Morgan fingerprint density at radius 3 is 2.72 bits per heavy atom. The number of imide groups is 1. The first-order valence-electron chi connectivity index (χ1n) is 5.91. The van der Waals surface area contributed by atoms with Gasteiger partial charge in [0.15, 0.2) is 5.82 Å². The van der Waals surface area contributed by atoms with E-state index in [1.807, 2.05) is 0 Å². The molecule has 1 aliphatic heterocycles. The lowest BCUT2D eigenvalue weighted by Gasteiger charge is -2.39. The summed E-state index contributed by atoms with van der Waals surface area (Å²) in [7, 11) is 3.38. The number of aromatic nitrogens is 1. The zero-order valence-corrected chi connectivity index (χ0v) is 10.3. The summed E-state index contributed by atoms with van der Waals surface area (Å²) in [6.07, 6.45) is 3.40. The minimum Gasteiger partial charge on any atom is -0.274 e. The Morgan fingerprint density at radius 1 is 1.33 bits per heavy atom. The Labute approximate surface area is 105 Å². The predicted octanol–water partition coefficient (Wildman–Crippen LogP) is 1.24. The maximum Gasteiger partial charge on any atom is 0.350 e. The molecule has 1 aromatic rings. The van der Waals surface area contributed by atoms with Crippen LogP contribution in [0.15, 0.2) is 18.3 Å². The Bertz CT molecular complexity index is 527. The number of amides is 3. The van der Waals surface area contributed by atoms with Crippen molar-refractivity contribution in [3.05, 3.63) is 18.3 Å². The fourth-order valence-electron chi connectivity index (χ4n) is 2.06. The van der Waals surface area contributed by atoms with Gasteiger partial charge in [0.1, 0.15) is 0 Å². The van der Waals surface area contributed by atoms with Gasteiger partial charge in [-0.25, -0.2) is 19.7 Å². The van der Waals surface area contributed by atoms with E-state index in [0.29, 0.717) is 11.5 Å². The maximum atomic E-state index is 12.2. The van der Waals surface area contributed by atoms with E-state index in [4.69, 9.17) is 0 Å². The van der Waals surface area contributed by atoms with Gasteiger partial charge in [-0.2, -0.15) is 0 Å². The number of fused-ring (bicyclic) bond motifs is 1. The normalized spacial score (nSPS) is 19.0. The minimum absolute atomic E-state index is 0.00110. The van der Waals surface area contributed by atoms with Crippen molar-refractivity contribution in [3.8, 4) is 0 Å². The average Bonchev–Trinajstić information content (AvgIpc) is 3.20. The van der Waals surface area contributed by atoms with Crippen molar-refractivity contribution in [2.45, 2.75) is 12.8 Å². The molecule has 0 aromatic carbocycles. The Kier molecular flexibility index (Phi) is 2.26. The van der Waals surface area contributed by atoms with Crippen molar-refractivity contribution in [2.75, 3.05) is 24.0 Å². The van der Waals surface area contributed by atoms with Gasteiger partial charge in [0.2, 0.25) is 5.91 Å². The molecule has 6 nitrogen and oxygen atoms in total. The van der Waals surface area contributed by atoms with Crippen molar-refractivity contribution in [3.63, 3.8) is 0 Å². The molecule has 6 heteroatoms. The van der Waals surface area contributed by atoms with E-state index in [1.54, 1.807) is 37.4 Å². The molecule has 18 heavy (non-hydrogen) atoms. The van der Waals surface area contributed by atoms with E-state index in [2.05, 4.69) is 4.98 Å². The number of hydrogen-bond acceptors (Lipinski definition) is 4. The zero-order valence-electron chi connectivity index (χ0n) is 10.3. The molecule has 0 spiro atoms. The average molecular weight is 246 g/mol. The number of carbonyl (C=O) groups is 2. The topological polar surface area (TPSA) is 56.8 Å². The van der Waals surface area contributed by atoms with Crippen molar-refractivity contribution >= 4 is 23.4 Å². The van der Waals surface area contributed by atoms with Crippen molar-refractivity contribution < 1.29 is 9.59 Å². The molecule has 2 aliphatic rings. The molecular weight excluding hydrogens is 232 g/mol. The zero-order chi connectivity index (χ0) is 12.9. The van der Waals surface area contributed by atoms with Crippen LogP contribution >= 0.6 is 0 Å². The molecule has 1 aliphatic carbocycles. The number of hydrazine groups is 1. The lowest BCUT2D eigenvalue weighted by atomic mass is 10.2. The second-order valence-electron chi connectivity index (χ2n) is 4.62. The van der Waals surface area contributed by atoms with Gasteiger partial charge in [0.05, 0.1) is 5.69 Å². The van der Waals surface area contributed by atoms with Crippen LogP contribution in [0.1, 0.15) is 12.8 Å². The minimum atomic E-state index is -0.324. The molecule has 1 aromatic heterocycles. The SMILES string of the molecule is CN1C(=O)N(C(=O)C2CC2)c2cccnc2N1C. The van der Waals surface area contributed by atoms with Crippen molar-refractivity contribution in [1.82, 2.24) is 9.99 Å². The summed E-state index contributed by atoms with van der Waals surface area (Å²) < 4.78 is 0. The molecule has 0 saturated heterocycles. The van der Waals surface area contributed by atoms with Crippen LogP contribution in [0.4, 0.5) is 16.3 Å². The molecule has 1 fully saturated rings. The first-order chi connectivity index (χ1) is 8.61. The highest BCUT2D eigenvalue weighted by Gasteiger charge is 2.42. The summed E-state index contributed by atoms with van der Waals surface area (Å²) in [5, 5.41) is 3.05. The number of nitrogens with zero attached hydrogens (tertiary/aromatic N) is 4. The quantitative estimate of drug-likeness (QED) is 0.748. The van der Waals surface area contributed by atoms with E-state index >= 15 is 0 Å². The lowest BCUT2D eigenvalue weighted by Crippen LogP contribution is -2.55. The molecule has 3 amide bonds. The molecule has 94 valence electrons. The summed E-state index contributed by atoms with van der Waals surface area (Å²) >= 11 is 0. The van der Waals surface area contributed by atoms with Crippen LogP contribution in [0.3, 0.4) is 0 Å². The summed E-state index contributed by atoms with van der Waals surface area (Å²) in [6.45, 7) is 0. The van der Waals surface area contributed by atoms with Crippen LogP contribution in [-0.2, 0) is 4.79 Å². The van der Waals surface area contributed by atoms with E-state index in [0.717, 1.165) is 12.8 Å². The van der Waals surface area contributed by atoms with Crippen LogP contribution in [0.5, 0.6) is 0 Å². The summed E-state index contributed by atoms with van der Waals surface area (Å²) in [4.78, 5) is 29.9. The molecular formula is C12H14N4O2. The molecule has 0 radical (unpaired) electrons. The lowest BCUT2D eigenvalue weighted by molar-refractivity contribution is -0.119. The Morgan fingerprint density at radius 2 is 2.06 bits per heavy atom.